The van der Waals surface area contributed by atoms with Crippen LogP contribution in [0.5, 0.6) is 5.75 Å². The van der Waals surface area contributed by atoms with Crippen LogP contribution in [0.3, 0.4) is 0 Å². The molecule has 3 rings (SSSR count). The molecule has 0 bridgehead atoms. The van der Waals surface area contributed by atoms with Gasteiger partial charge in [0.1, 0.15) is 11.6 Å². The Morgan fingerprint density at radius 2 is 2.04 bits per heavy atom. The molecule has 6 heteroatoms. The summed E-state index contributed by atoms with van der Waals surface area (Å²) in [6.07, 6.45) is 0.424. The average Bonchev–Trinajstić information content (AvgIpc) is 2.91. The van der Waals surface area contributed by atoms with E-state index in [1.165, 1.54) is 0 Å². The van der Waals surface area contributed by atoms with Gasteiger partial charge in [0, 0.05) is 23.4 Å². The second-order valence-corrected chi connectivity index (χ2v) is 6.57. The number of benzene rings is 1. The van der Waals surface area contributed by atoms with Crippen LogP contribution in [0.15, 0.2) is 24.3 Å². The van der Waals surface area contributed by atoms with Crippen molar-refractivity contribution in [3.8, 4) is 22.9 Å². The summed E-state index contributed by atoms with van der Waals surface area (Å²) < 4.78 is 7.15. The number of methoxy groups -OCH3 is 1. The fourth-order valence-electron chi connectivity index (χ4n) is 3.15. The fraction of sp³-hybridized carbons (Fsp3) is 0.350. The van der Waals surface area contributed by atoms with E-state index in [1.54, 1.807) is 7.11 Å². The maximum atomic E-state index is 8.92. The second-order valence-electron chi connectivity index (χ2n) is 6.57. The number of aromatic nitrogens is 3. The highest BCUT2D eigenvalue weighted by Gasteiger charge is 2.18. The lowest BCUT2D eigenvalue weighted by molar-refractivity contribution is 0.414. The molecule has 0 spiro atoms. The monoisotopic (exact) mass is 349 g/mol. The molecule has 0 aliphatic carbocycles. The molecule has 0 saturated heterocycles. The van der Waals surface area contributed by atoms with Gasteiger partial charge in [0.25, 0.3) is 0 Å². The van der Waals surface area contributed by atoms with E-state index >= 15 is 0 Å². The fourth-order valence-corrected chi connectivity index (χ4v) is 3.15. The number of nitrogens with one attached hydrogen (secondary N) is 1. The number of aryl methyl sites for hydroxylation is 3. The van der Waals surface area contributed by atoms with Gasteiger partial charge >= 0.3 is 0 Å². The van der Waals surface area contributed by atoms with Gasteiger partial charge in [-0.1, -0.05) is 6.07 Å². The number of anilines is 1. The van der Waals surface area contributed by atoms with Crippen LogP contribution in [0.25, 0.3) is 16.8 Å². The highest BCUT2D eigenvalue weighted by molar-refractivity contribution is 5.83. The van der Waals surface area contributed by atoms with Crippen molar-refractivity contribution in [2.24, 2.45) is 0 Å². The molecule has 0 fully saturated rings. The molecule has 3 aromatic rings. The minimum absolute atomic E-state index is 0.0284. The Hall–Kier alpha value is -3.07. The lowest BCUT2D eigenvalue weighted by atomic mass is 10.0. The standard InChI is InChI=1S/C20H23N5O/c1-12-10-16(26-5)6-7-17(12)19-15(4)24-25-18(22-13(2)8-9-21)11-14(3)23-20(19)25/h6-7,10-11,13,22H,8H2,1-5H3/t13-/m1/s1. The van der Waals surface area contributed by atoms with Crippen molar-refractivity contribution in [1.29, 1.82) is 5.26 Å². The molecule has 134 valence electrons. The van der Waals surface area contributed by atoms with Crippen molar-refractivity contribution in [2.45, 2.75) is 40.2 Å². The Morgan fingerprint density at radius 1 is 1.27 bits per heavy atom. The van der Waals surface area contributed by atoms with E-state index in [1.807, 2.05) is 49.6 Å². The van der Waals surface area contributed by atoms with Crippen LogP contribution in [0.1, 0.15) is 30.3 Å². The molecule has 0 saturated carbocycles. The van der Waals surface area contributed by atoms with Gasteiger partial charge in [0.15, 0.2) is 5.65 Å². The Balaban J connectivity index is 2.18. The topological polar surface area (TPSA) is 75.2 Å². The van der Waals surface area contributed by atoms with Crippen LogP contribution in [-0.2, 0) is 0 Å². The zero-order valence-electron chi connectivity index (χ0n) is 15.8. The van der Waals surface area contributed by atoms with Crippen LogP contribution < -0.4 is 10.1 Å². The van der Waals surface area contributed by atoms with E-state index in [-0.39, 0.29) is 6.04 Å². The highest BCUT2D eigenvalue weighted by atomic mass is 16.5. The molecule has 1 N–H and O–H groups in total. The molecule has 0 aliphatic heterocycles. The third-order valence-electron chi connectivity index (χ3n) is 4.39. The third-order valence-corrected chi connectivity index (χ3v) is 4.39. The number of hydrogen-bond acceptors (Lipinski definition) is 5. The van der Waals surface area contributed by atoms with Gasteiger partial charge in [0.05, 0.1) is 25.3 Å². The maximum Gasteiger partial charge on any atom is 0.165 e. The quantitative estimate of drug-likeness (QED) is 0.752. The van der Waals surface area contributed by atoms with Crippen molar-refractivity contribution < 1.29 is 4.74 Å². The van der Waals surface area contributed by atoms with E-state index in [0.29, 0.717) is 6.42 Å². The number of nitrogens with zero attached hydrogens (tertiary/aromatic N) is 4. The predicted molar refractivity (Wildman–Crippen MR) is 103 cm³/mol. The number of rotatable bonds is 5. The minimum atomic E-state index is 0.0284. The highest BCUT2D eigenvalue weighted by Crippen LogP contribution is 2.33. The Morgan fingerprint density at radius 3 is 2.69 bits per heavy atom. The summed E-state index contributed by atoms with van der Waals surface area (Å²) in [6, 6.07) is 10.2. The summed E-state index contributed by atoms with van der Waals surface area (Å²) in [5.41, 5.74) is 5.83. The van der Waals surface area contributed by atoms with Gasteiger partial charge in [-0.3, -0.25) is 0 Å². The molecular formula is C20H23N5O. The number of ether oxygens (including phenoxy) is 1. The first kappa shape index (κ1) is 17.7. The molecule has 0 unspecified atom stereocenters. The smallest absolute Gasteiger partial charge is 0.165 e. The van der Waals surface area contributed by atoms with Gasteiger partial charge in [0.2, 0.25) is 0 Å². The molecule has 0 radical (unpaired) electrons. The minimum Gasteiger partial charge on any atom is -0.497 e. The zero-order chi connectivity index (χ0) is 18.8. The molecule has 2 aromatic heterocycles. The van der Waals surface area contributed by atoms with Gasteiger partial charge in [-0.25, -0.2) is 4.98 Å². The molecule has 0 aliphatic rings. The number of hydrogen-bond donors (Lipinski definition) is 1. The number of fused-ring (bicyclic) bond motifs is 1. The predicted octanol–water partition coefficient (Wildman–Crippen LogP) is 4.04. The van der Waals surface area contributed by atoms with Crippen molar-refractivity contribution in [2.75, 3.05) is 12.4 Å². The van der Waals surface area contributed by atoms with Gasteiger partial charge in [-0.05, 0) is 51.0 Å². The van der Waals surface area contributed by atoms with E-state index in [9.17, 15) is 0 Å². The molecule has 1 aromatic carbocycles. The molecule has 1 atom stereocenters. The molecule has 26 heavy (non-hydrogen) atoms. The summed E-state index contributed by atoms with van der Waals surface area (Å²) in [5, 5.41) is 17.0. The Bertz CT molecular complexity index is 1000. The van der Waals surface area contributed by atoms with Crippen LogP contribution in [0, 0.1) is 32.1 Å². The first-order valence-corrected chi connectivity index (χ1v) is 8.60. The van der Waals surface area contributed by atoms with Crippen molar-refractivity contribution in [3.05, 3.63) is 41.2 Å². The van der Waals surface area contributed by atoms with Crippen LogP contribution in [0.2, 0.25) is 0 Å². The lowest BCUT2D eigenvalue weighted by Gasteiger charge is -2.14. The molecular weight excluding hydrogens is 326 g/mol. The van der Waals surface area contributed by atoms with Crippen molar-refractivity contribution >= 4 is 11.5 Å². The number of nitriles is 1. The Labute approximate surface area is 153 Å². The first-order valence-electron chi connectivity index (χ1n) is 8.60. The second kappa shape index (κ2) is 7.04. The Kier molecular flexibility index (Phi) is 4.81. The summed E-state index contributed by atoms with van der Waals surface area (Å²) in [6.45, 7) is 8.00. The van der Waals surface area contributed by atoms with Crippen molar-refractivity contribution in [1.82, 2.24) is 14.6 Å². The summed E-state index contributed by atoms with van der Waals surface area (Å²) >= 11 is 0. The summed E-state index contributed by atoms with van der Waals surface area (Å²) in [7, 11) is 1.67. The van der Waals surface area contributed by atoms with E-state index in [0.717, 1.165) is 45.3 Å². The largest absolute Gasteiger partial charge is 0.497 e. The molecule has 6 nitrogen and oxygen atoms in total. The van der Waals surface area contributed by atoms with E-state index in [4.69, 9.17) is 20.1 Å². The van der Waals surface area contributed by atoms with Gasteiger partial charge in [-0.15, -0.1) is 0 Å². The zero-order valence-corrected chi connectivity index (χ0v) is 15.8. The SMILES string of the molecule is COc1ccc(-c2c(C)nn3c(N[C@H](C)CC#N)cc(C)nc23)c(C)c1. The first-order chi connectivity index (χ1) is 12.4. The molecule has 2 heterocycles. The van der Waals surface area contributed by atoms with Gasteiger partial charge < -0.3 is 10.1 Å². The van der Waals surface area contributed by atoms with E-state index in [2.05, 4.69) is 18.3 Å². The lowest BCUT2D eigenvalue weighted by Crippen LogP contribution is -2.17. The van der Waals surface area contributed by atoms with Crippen LogP contribution in [-0.4, -0.2) is 27.7 Å². The van der Waals surface area contributed by atoms with E-state index < -0.39 is 0 Å². The van der Waals surface area contributed by atoms with Crippen molar-refractivity contribution in [3.63, 3.8) is 0 Å². The average molecular weight is 349 g/mol. The van der Waals surface area contributed by atoms with Crippen LogP contribution in [0.4, 0.5) is 5.82 Å². The third kappa shape index (κ3) is 3.21. The summed E-state index contributed by atoms with van der Waals surface area (Å²) in [4.78, 5) is 4.73. The maximum absolute atomic E-state index is 8.92. The molecule has 0 amide bonds. The normalized spacial score (nSPS) is 12.0. The van der Waals surface area contributed by atoms with Crippen LogP contribution >= 0.6 is 0 Å². The summed E-state index contributed by atoms with van der Waals surface area (Å²) in [5.74, 6) is 1.67. The van der Waals surface area contributed by atoms with Gasteiger partial charge in [-0.2, -0.15) is 14.9 Å².